The van der Waals surface area contributed by atoms with Crippen LogP contribution in [0.2, 0.25) is 19.6 Å². The molecular formula is C10H21NOSi. The summed E-state index contributed by atoms with van der Waals surface area (Å²) in [6.45, 7) is 12.7. The summed E-state index contributed by atoms with van der Waals surface area (Å²) in [4.78, 5) is 0. The van der Waals surface area contributed by atoms with Crippen molar-refractivity contribution in [2.45, 2.75) is 52.9 Å². The molecule has 3 heteroatoms. The molecule has 1 atom stereocenters. The van der Waals surface area contributed by atoms with Crippen molar-refractivity contribution >= 4 is 8.32 Å². The molecule has 0 fully saturated rings. The van der Waals surface area contributed by atoms with Crippen molar-refractivity contribution in [3.05, 3.63) is 0 Å². The van der Waals surface area contributed by atoms with E-state index in [1.807, 2.05) is 0 Å². The van der Waals surface area contributed by atoms with Crippen molar-refractivity contribution in [1.82, 2.24) is 0 Å². The summed E-state index contributed by atoms with van der Waals surface area (Å²) in [7, 11) is -1.56. The molecule has 0 heterocycles. The first-order chi connectivity index (χ1) is 5.64. The fourth-order valence-electron chi connectivity index (χ4n) is 1.10. The Morgan fingerprint density at radius 1 is 1.31 bits per heavy atom. The lowest BCUT2D eigenvalue weighted by molar-refractivity contribution is 0.183. The predicted molar refractivity (Wildman–Crippen MR) is 57.9 cm³/mol. The van der Waals surface area contributed by atoms with E-state index < -0.39 is 8.32 Å². The minimum atomic E-state index is -1.56. The molecule has 0 spiro atoms. The number of hydrogen-bond acceptors (Lipinski definition) is 2. The Morgan fingerprint density at radius 2 is 1.77 bits per heavy atom. The number of rotatable bonds is 3. The second kappa shape index (κ2) is 4.25. The molecule has 0 saturated carbocycles. The van der Waals surface area contributed by atoms with Crippen molar-refractivity contribution in [2.75, 3.05) is 0 Å². The zero-order valence-electron chi connectivity index (χ0n) is 9.64. The second-order valence-electron chi connectivity index (χ2n) is 5.61. The Hall–Kier alpha value is -0.333. The lowest BCUT2D eigenvalue weighted by Crippen LogP contribution is -2.33. The summed E-state index contributed by atoms with van der Waals surface area (Å²) in [5, 5.41) is 8.90. The van der Waals surface area contributed by atoms with Crippen LogP contribution in [0.4, 0.5) is 0 Å². The van der Waals surface area contributed by atoms with Gasteiger partial charge in [0.25, 0.3) is 0 Å². The first-order valence-corrected chi connectivity index (χ1v) is 8.12. The molecule has 0 aliphatic heterocycles. The number of hydrogen-bond donors (Lipinski definition) is 0. The maximum atomic E-state index is 8.90. The maximum absolute atomic E-state index is 8.90. The molecule has 76 valence electrons. The lowest BCUT2D eigenvalue weighted by atomic mass is 9.90. The van der Waals surface area contributed by atoms with Gasteiger partial charge in [-0.25, -0.2) is 0 Å². The van der Waals surface area contributed by atoms with E-state index in [4.69, 9.17) is 9.69 Å². The van der Waals surface area contributed by atoms with Crippen LogP contribution in [-0.2, 0) is 4.43 Å². The van der Waals surface area contributed by atoms with E-state index >= 15 is 0 Å². The van der Waals surface area contributed by atoms with E-state index in [0.717, 1.165) is 6.42 Å². The Balaban J connectivity index is 4.16. The third-order valence-electron chi connectivity index (χ3n) is 1.44. The highest BCUT2D eigenvalue weighted by molar-refractivity contribution is 6.69. The molecule has 0 amide bonds. The van der Waals surface area contributed by atoms with Crippen LogP contribution in [-0.4, -0.2) is 14.4 Å². The SMILES string of the molecule is CC(C)(C)C[C@H](C#N)O[Si](C)(C)C. The fraction of sp³-hybridized carbons (Fsp3) is 0.900. The zero-order valence-corrected chi connectivity index (χ0v) is 10.6. The van der Waals surface area contributed by atoms with Crippen LogP contribution in [0.3, 0.4) is 0 Å². The average Bonchev–Trinajstić information content (AvgIpc) is 1.79. The van der Waals surface area contributed by atoms with Crippen LogP contribution in [0.25, 0.3) is 0 Å². The molecule has 13 heavy (non-hydrogen) atoms. The smallest absolute Gasteiger partial charge is 0.185 e. The van der Waals surface area contributed by atoms with Crippen molar-refractivity contribution in [3.8, 4) is 6.07 Å². The van der Waals surface area contributed by atoms with Gasteiger partial charge in [0, 0.05) is 0 Å². The summed E-state index contributed by atoms with van der Waals surface area (Å²) in [6.07, 6.45) is 0.583. The Bertz CT molecular complexity index is 178. The van der Waals surface area contributed by atoms with Gasteiger partial charge < -0.3 is 4.43 Å². The first-order valence-electron chi connectivity index (χ1n) is 4.71. The van der Waals surface area contributed by atoms with Crippen molar-refractivity contribution in [3.63, 3.8) is 0 Å². The third kappa shape index (κ3) is 8.01. The molecule has 0 aromatic heterocycles. The van der Waals surface area contributed by atoms with Crippen LogP contribution in [0.5, 0.6) is 0 Å². The molecule has 0 aromatic carbocycles. The van der Waals surface area contributed by atoms with Gasteiger partial charge in [0.2, 0.25) is 0 Å². The molecule has 0 radical (unpaired) electrons. The maximum Gasteiger partial charge on any atom is 0.185 e. The topological polar surface area (TPSA) is 33.0 Å². The quantitative estimate of drug-likeness (QED) is 0.654. The van der Waals surface area contributed by atoms with E-state index in [-0.39, 0.29) is 11.5 Å². The van der Waals surface area contributed by atoms with Crippen LogP contribution < -0.4 is 0 Å². The van der Waals surface area contributed by atoms with Gasteiger partial charge in [-0.15, -0.1) is 0 Å². The molecule has 0 bridgehead atoms. The standard InChI is InChI=1S/C10H21NOSi/c1-10(2,3)7-9(8-11)12-13(4,5)6/h9H,7H2,1-6H3/t9-/m1/s1. The van der Waals surface area contributed by atoms with Crippen LogP contribution in [0.15, 0.2) is 0 Å². The van der Waals surface area contributed by atoms with E-state index in [9.17, 15) is 0 Å². The van der Waals surface area contributed by atoms with Gasteiger partial charge >= 0.3 is 0 Å². The molecule has 0 aliphatic carbocycles. The molecule has 2 nitrogen and oxygen atoms in total. The molecule has 0 saturated heterocycles. The minimum Gasteiger partial charge on any atom is -0.402 e. The van der Waals surface area contributed by atoms with E-state index in [1.54, 1.807) is 0 Å². The van der Waals surface area contributed by atoms with E-state index in [1.165, 1.54) is 0 Å². The molecule has 0 unspecified atom stereocenters. The normalized spacial score (nSPS) is 15.2. The highest BCUT2D eigenvalue weighted by Gasteiger charge is 2.24. The largest absolute Gasteiger partial charge is 0.402 e. The van der Waals surface area contributed by atoms with Gasteiger partial charge in [0.15, 0.2) is 8.32 Å². The molecule has 0 aliphatic rings. The minimum absolute atomic E-state index is 0.167. The summed E-state index contributed by atoms with van der Waals surface area (Å²) < 4.78 is 5.74. The van der Waals surface area contributed by atoms with Gasteiger partial charge in [-0.2, -0.15) is 5.26 Å². The summed E-state index contributed by atoms with van der Waals surface area (Å²) in [5.41, 5.74) is 0.167. The monoisotopic (exact) mass is 199 g/mol. The van der Waals surface area contributed by atoms with Crippen molar-refractivity contribution in [1.29, 1.82) is 5.26 Å². The fourth-order valence-corrected chi connectivity index (χ4v) is 2.09. The van der Waals surface area contributed by atoms with Crippen LogP contribution in [0.1, 0.15) is 27.2 Å². The Morgan fingerprint density at radius 3 is 2.00 bits per heavy atom. The zero-order chi connectivity index (χ0) is 10.7. The number of nitriles is 1. The van der Waals surface area contributed by atoms with E-state index in [0.29, 0.717) is 0 Å². The van der Waals surface area contributed by atoms with Crippen molar-refractivity contribution < 1.29 is 4.43 Å². The third-order valence-corrected chi connectivity index (χ3v) is 2.43. The van der Waals surface area contributed by atoms with Gasteiger partial charge in [-0.1, -0.05) is 20.8 Å². The molecule has 0 N–H and O–H groups in total. The molecule has 0 aromatic rings. The van der Waals surface area contributed by atoms with Gasteiger partial charge in [0.1, 0.15) is 6.10 Å². The molecule has 0 rings (SSSR count). The summed E-state index contributed by atoms with van der Waals surface area (Å²) in [5.74, 6) is 0. The second-order valence-corrected chi connectivity index (χ2v) is 10.1. The summed E-state index contributed by atoms with van der Waals surface area (Å²) >= 11 is 0. The Kier molecular flexibility index (Phi) is 4.14. The van der Waals surface area contributed by atoms with Gasteiger partial charge in [-0.3, -0.25) is 0 Å². The van der Waals surface area contributed by atoms with Crippen LogP contribution >= 0.6 is 0 Å². The predicted octanol–water partition coefficient (Wildman–Crippen LogP) is 3.17. The van der Waals surface area contributed by atoms with Gasteiger partial charge in [0.05, 0.1) is 6.07 Å². The Labute approximate surface area is 83.0 Å². The van der Waals surface area contributed by atoms with Crippen molar-refractivity contribution in [2.24, 2.45) is 5.41 Å². The average molecular weight is 199 g/mol. The highest BCUT2D eigenvalue weighted by Crippen LogP contribution is 2.23. The van der Waals surface area contributed by atoms with Crippen LogP contribution in [0, 0.1) is 16.7 Å². The summed E-state index contributed by atoms with van der Waals surface area (Å²) in [6, 6.07) is 2.23. The first kappa shape index (κ1) is 12.7. The lowest BCUT2D eigenvalue weighted by Gasteiger charge is -2.26. The van der Waals surface area contributed by atoms with Gasteiger partial charge in [-0.05, 0) is 31.5 Å². The van der Waals surface area contributed by atoms with E-state index in [2.05, 4.69) is 46.5 Å². The number of nitrogens with zero attached hydrogens (tertiary/aromatic N) is 1. The molecular weight excluding hydrogens is 178 g/mol. The highest BCUT2D eigenvalue weighted by atomic mass is 28.4.